The number of aryl methyl sites for hydroxylation is 1. The van der Waals surface area contributed by atoms with Crippen LogP contribution in [0.25, 0.3) is 0 Å². The molecule has 0 aliphatic heterocycles. The Morgan fingerprint density at radius 3 is 2.42 bits per heavy atom. The van der Waals surface area contributed by atoms with Gasteiger partial charge in [-0.3, -0.25) is 0 Å². The maximum absolute atomic E-state index is 3.47. The second-order valence-corrected chi connectivity index (χ2v) is 6.70. The highest BCUT2D eigenvalue weighted by Crippen LogP contribution is 2.22. The Morgan fingerprint density at radius 2 is 1.89 bits per heavy atom. The van der Waals surface area contributed by atoms with Gasteiger partial charge in [-0.1, -0.05) is 33.8 Å². The van der Waals surface area contributed by atoms with E-state index in [-0.39, 0.29) is 0 Å². The van der Waals surface area contributed by atoms with Crippen LogP contribution in [0.15, 0.2) is 18.2 Å². The van der Waals surface area contributed by atoms with Crippen LogP contribution in [0.2, 0.25) is 0 Å². The number of hydrogen-bond acceptors (Lipinski definition) is 2. The summed E-state index contributed by atoms with van der Waals surface area (Å²) in [4.78, 5) is 2.34. The molecular formula is C17H30N2. The van der Waals surface area contributed by atoms with Crippen LogP contribution in [0.4, 0.5) is 5.69 Å². The summed E-state index contributed by atoms with van der Waals surface area (Å²) in [6, 6.07) is 6.79. The average molecular weight is 262 g/mol. The third kappa shape index (κ3) is 5.65. The van der Waals surface area contributed by atoms with E-state index in [1.807, 2.05) is 0 Å². The van der Waals surface area contributed by atoms with Crippen molar-refractivity contribution in [1.82, 2.24) is 5.32 Å². The quantitative estimate of drug-likeness (QED) is 0.780. The fourth-order valence-corrected chi connectivity index (χ4v) is 2.32. The van der Waals surface area contributed by atoms with Crippen LogP contribution in [-0.4, -0.2) is 20.1 Å². The van der Waals surface area contributed by atoms with Gasteiger partial charge in [-0.15, -0.1) is 0 Å². The van der Waals surface area contributed by atoms with Crippen molar-refractivity contribution in [2.45, 2.75) is 47.6 Å². The van der Waals surface area contributed by atoms with Gasteiger partial charge in [-0.2, -0.15) is 0 Å². The number of rotatable bonds is 6. The van der Waals surface area contributed by atoms with Crippen LogP contribution in [0, 0.1) is 12.3 Å². The van der Waals surface area contributed by atoms with E-state index in [4.69, 9.17) is 0 Å². The van der Waals surface area contributed by atoms with Crippen LogP contribution < -0.4 is 10.2 Å². The fraction of sp³-hybridized carbons (Fsp3) is 0.647. The summed E-state index contributed by atoms with van der Waals surface area (Å²) in [5.41, 5.74) is 4.42. The molecule has 0 aromatic heterocycles. The molecule has 0 saturated carbocycles. The first kappa shape index (κ1) is 16.0. The van der Waals surface area contributed by atoms with Gasteiger partial charge < -0.3 is 10.2 Å². The van der Waals surface area contributed by atoms with Crippen LogP contribution >= 0.6 is 0 Å². The van der Waals surface area contributed by atoms with E-state index < -0.39 is 0 Å². The van der Waals surface area contributed by atoms with E-state index >= 15 is 0 Å². The summed E-state index contributed by atoms with van der Waals surface area (Å²) in [6.45, 7) is 14.4. The molecule has 0 saturated heterocycles. The lowest BCUT2D eigenvalue weighted by Crippen LogP contribution is -2.29. The molecule has 0 heterocycles. The molecule has 2 heteroatoms. The van der Waals surface area contributed by atoms with Crippen LogP contribution in [0.1, 0.15) is 45.2 Å². The molecule has 0 fully saturated rings. The van der Waals surface area contributed by atoms with Gasteiger partial charge in [0.1, 0.15) is 0 Å². The van der Waals surface area contributed by atoms with Gasteiger partial charge in [0.2, 0.25) is 0 Å². The van der Waals surface area contributed by atoms with Crippen molar-refractivity contribution in [3.63, 3.8) is 0 Å². The molecule has 0 aliphatic rings. The summed E-state index contributed by atoms with van der Waals surface area (Å²) < 4.78 is 0. The van der Waals surface area contributed by atoms with Crippen molar-refractivity contribution >= 4 is 5.69 Å². The summed E-state index contributed by atoms with van der Waals surface area (Å²) in [5, 5.41) is 3.47. The lowest BCUT2D eigenvalue weighted by molar-refractivity contribution is 0.419. The molecular weight excluding hydrogens is 232 g/mol. The van der Waals surface area contributed by atoms with Crippen molar-refractivity contribution in [3.8, 4) is 0 Å². The molecule has 1 rings (SSSR count). The summed E-state index contributed by atoms with van der Waals surface area (Å²) in [7, 11) is 2.18. The van der Waals surface area contributed by atoms with Crippen LogP contribution in [0.3, 0.4) is 0 Å². The molecule has 0 radical (unpaired) electrons. The molecule has 1 N–H and O–H groups in total. The highest BCUT2D eigenvalue weighted by atomic mass is 15.1. The molecule has 0 atom stereocenters. The van der Waals surface area contributed by atoms with Crippen molar-refractivity contribution < 1.29 is 0 Å². The zero-order valence-corrected chi connectivity index (χ0v) is 13.5. The van der Waals surface area contributed by atoms with Crippen molar-refractivity contribution in [3.05, 3.63) is 29.3 Å². The number of nitrogens with one attached hydrogen (secondary N) is 1. The van der Waals surface area contributed by atoms with Gasteiger partial charge in [0, 0.05) is 25.8 Å². The molecule has 1 aromatic carbocycles. The topological polar surface area (TPSA) is 15.3 Å². The first-order valence-electron chi connectivity index (χ1n) is 7.35. The van der Waals surface area contributed by atoms with E-state index in [9.17, 15) is 0 Å². The Morgan fingerprint density at radius 1 is 1.21 bits per heavy atom. The number of benzene rings is 1. The molecule has 19 heavy (non-hydrogen) atoms. The lowest BCUT2D eigenvalue weighted by Gasteiger charge is -2.28. The lowest BCUT2D eigenvalue weighted by atomic mass is 9.96. The maximum Gasteiger partial charge on any atom is 0.0366 e. The first-order chi connectivity index (χ1) is 8.83. The van der Waals surface area contributed by atoms with Crippen molar-refractivity contribution in [1.29, 1.82) is 0 Å². The molecule has 1 aromatic rings. The van der Waals surface area contributed by atoms with E-state index in [1.165, 1.54) is 23.2 Å². The summed E-state index contributed by atoms with van der Waals surface area (Å²) >= 11 is 0. The Kier molecular flexibility index (Phi) is 5.86. The van der Waals surface area contributed by atoms with E-state index in [2.05, 4.69) is 70.1 Å². The van der Waals surface area contributed by atoms with Gasteiger partial charge in [0.05, 0.1) is 0 Å². The van der Waals surface area contributed by atoms with Gasteiger partial charge in [-0.05, 0) is 48.6 Å². The molecule has 0 amide bonds. The highest BCUT2D eigenvalue weighted by Gasteiger charge is 2.14. The fourth-order valence-electron chi connectivity index (χ4n) is 2.32. The van der Waals surface area contributed by atoms with Gasteiger partial charge in [0.15, 0.2) is 0 Å². The highest BCUT2D eigenvalue weighted by molar-refractivity contribution is 5.50. The Balaban J connectivity index is 2.70. The third-order valence-electron chi connectivity index (χ3n) is 3.22. The molecule has 108 valence electrons. The second-order valence-electron chi connectivity index (χ2n) is 6.70. The predicted octanol–water partition coefficient (Wildman–Crippen LogP) is 3.98. The number of anilines is 1. The zero-order chi connectivity index (χ0) is 14.5. The SMILES string of the molecule is CCCNCc1ccc(N(C)CC(C)(C)C)cc1C. The maximum atomic E-state index is 3.47. The Hall–Kier alpha value is -1.02. The van der Waals surface area contributed by atoms with Gasteiger partial charge in [0.25, 0.3) is 0 Å². The molecule has 0 bridgehead atoms. The van der Waals surface area contributed by atoms with Crippen LogP contribution in [0.5, 0.6) is 0 Å². The largest absolute Gasteiger partial charge is 0.374 e. The minimum Gasteiger partial charge on any atom is -0.374 e. The minimum absolute atomic E-state index is 0.323. The smallest absolute Gasteiger partial charge is 0.0366 e. The van der Waals surface area contributed by atoms with E-state index in [0.717, 1.165) is 19.6 Å². The number of hydrogen-bond donors (Lipinski definition) is 1. The summed E-state index contributed by atoms with van der Waals surface area (Å²) in [5.74, 6) is 0. The first-order valence-corrected chi connectivity index (χ1v) is 7.35. The minimum atomic E-state index is 0.323. The standard InChI is InChI=1S/C17H30N2/c1-7-10-18-12-15-8-9-16(11-14(15)2)19(6)13-17(3,4)5/h8-9,11,18H,7,10,12-13H2,1-6H3. The zero-order valence-electron chi connectivity index (χ0n) is 13.5. The van der Waals surface area contributed by atoms with Gasteiger partial charge in [-0.25, -0.2) is 0 Å². The molecule has 0 unspecified atom stereocenters. The van der Waals surface area contributed by atoms with Crippen molar-refractivity contribution in [2.24, 2.45) is 5.41 Å². The summed E-state index contributed by atoms with van der Waals surface area (Å²) in [6.07, 6.45) is 1.19. The Labute approximate surface area is 119 Å². The predicted molar refractivity (Wildman–Crippen MR) is 85.9 cm³/mol. The monoisotopic (exact) mass is 262 g/mol. The normalized spacial score (nSPS) is 11.7. The number of nitrogens with zero attached hydrogens (tertiary/aromatic N) is 1. The van der Waals surface area contributed by atoms with Crippen LogP contribution in [-0.2, 0) is 6.54 Å². The Bertz CT molecular complexity index is 391. The average Bonchev–Trinajstić information content (AvgIpc) is 2.29. The second kappa shape index (κ2) is 6.95. The van der Waals surface area contributed by atoms with Gasteiger partial charge >= 0.3 is 0 Å². The molecule has 0 aliphatic carbocycles. The molecule has 0 spiro atoms. The van der Waals surface area contributed by atoms with E-state index in [1.54, 1.807) is 0 Å². The third-order valence-corrected chi connectivity index (χ3v) is 3.22. The van der Waals surface area contributed by atoms with E-state index in [0.29, 0.717) is 5.41 Å². The van der Waals surface area contributed by atoms with Crippen molar-refractivity contribution in [2.75, 3.05) is 25.0 Å². The molecule has 2 nitrogen and oxygen atoms in total.